The molecule has 1 heterocycles. The number of hydrogen-bond donors (Lipinski definition) is 3. The number of halogens is 7. The number of benzene rings is 3. The predicted molar refractivity (Wildman–Crippen MR) is 148 cm³/mol. The van der Waals surface area contributed by atoms with Crippen molar-refractivity contribution >= 4 is 17.6 Å². The zero-order valence-corrected chi connectivity index (χ0v) is 22.7. The van der Waals surface area contributed by atoms with Gasteiger partial charge in [-0.3, -0.25) is 14.6 Å². The second-order valence-corrected chi connectivity index (χ2v) is 9.64. The third kappa shape index (κ3) is 7.91. The van der Waals surface area contributed by atoms with E-state index >= 15 is 0 Å². The SMILES string of the molecule is O=C(O)CCNC(=O)c1ccc(-c2cc(C(F)(F)F)ccc2CNc2ccc(-c3ccc(CF)cc3)c(C(F)(F)F)c2)cn1. The van der Waals surface area contributed by atoms with E-state index < -0.39 is 42.0 Å². The summed E-state index contributed by atoms with van der Waals surface area (Å²) in [4.78, 5) is 26.8. The average molecular weight is 620 g/mol. The molecule has 0 atom stereocenters. The summed E-state index contributed by atoms with van der Waals surface area (Å²) in [5, 5.41) is 13.9. The van der Waals surface area contributed by atoms with E-state index in [9.17, 15) is 40.3 Å². The standard InChI is InChI=1S/C31H24F7N3O3/c32-15-18-1-3-19(4-2-18)24-9-8-23(14-26(24)31(36,37)38)40-16-20-5-7-22(30(33,34)35)13-25(20)21-6-10-27(41-17-21)29(44)39-12-11-28(42)43/h1-10,13-14,17,40H,11-12,15-16H2,(H,39,44)(H,42,43). The van der Waals surface area contributed by atoms with Crippen LogP contribution in [-0.4, -0.2) is 28.5 Å². The third-order valence-corrected chi connectivity index (χ3v) is 6.60. The lowest BCUT2D eigenvalue weighted by Crippen LogP contribution is -2.26. The van der Waals surface area contributed by atoms with E-state index in [0.717, 1.165) is 18.2 Å². The van der Waals surface area contributed by atoms with E-state index in [1.807, 2.05) is 0 Å². The highest BCUT2D eigenvalue weighted by atomic mass is 19.4. The van der Waals surface area contributed by atoms with Crippen LogP contribution in [0.1, 0.15) is 39.2 Å². The summed E-state index contributed by atoms with van der Waals surface area (Å²) in [6.45, 7) is -1.07. The van der Waals surface area contributed by atoms with Crippen LogP contribution in [-0.2, 0) is 30.4 Å². The van der Waals surface area contributed by atoms with E-state index in [1.165, 1.54) is 60.8 Å². The minimum Gasteiger partial charge on any atom is -0.481 e. The van der Waals surface area contributed by atoms with E-state index in [2.05, 4.69) is 15.6 Å². The number of amides is 1. The van der Waals surface area contributed by atoms with Crippen molar-refractivity contribution in [3.8, 4) is 22.3 Å². The Hall–Kier alpha value is -4.94. The van der Waals surface area contributed by atoms with Gasteiger partial charge in [-0.25, -0.2) is 4.39 Å². The first kappa shape index (κ1) is 32.0. The molecule has 0 aliphatic heterocycles. The van der Waals surface area contributed by atoms with Crippen LogP contribution < -0.4 is 10.6 Å². The topological polar surface area (TPSA) is 91.3 Å². The summed E-state index contributed by atoms with van der Waals surface area (Å²) in [7, 11) is 0. The molecule has 3 N–H and O–H groups in total. The van der Waals surface area contributed by atoms with Gasteiger partial charge < -0.3 is 15.7 Å². The number of hydrogen-bond acceptors (Lipinski definition) is 4. The fraction of sp³-hybridized carbons (Fsp3) is 0.194. The highest BCUT2D eigenvalue weighted by Gasteiger charge is 2.34. The fourth-order valence-electron chi connectivity index (χ4n) is 4.35. The Morgan fingerprint density at radius 2 is 1.50 bits per heavy atom. The molecule has 1 amide bonds. The molecule has 4 aromatic rings. The molecule has 13 heteroatoms. The molecule has 3 aromatic carbocycles. The van der Waals surface area contributed by atoms with Gasteiger partial charge in [-0.1, -0.05) is 42.5 Å². The number of anilines is 1. The number of carboxylic acids is 1. The molecule has 0 radical (unpaired) electrons. The van der Waals surface area contributed by atoms with E-state index in [1.54, 1.807) is 0 Å². The Morgan fingerprint density at radius 3 is 2.09 bits per heavy atom. The number of aliphatic carboxylic acids is 1. The van der Waals surface area contributed by atoms with Crippen LogP contribution in [0.3, 0.4) is 0 Å². The lowest BCUT2D eigenvalue weighted by molar-refractivity contribution is -0.138. The number of carbonyl (C=O) groups is 2. The molecular formula is C31H24F7N3O3. The predicted octanol–water partition coefficient (Wildman–Crippen LogP) is 7.74. The molecule has 0 aliphatic rings. The van der Waals surface area contributed by atoms with E-state index in [0.29, 0.717) is 11.1 Å². The third-order valence-electron chi connectivity index (χ3n) is 6.60. The monoisotopic (exact) mass is 619 g/mol. The maximum absolute atomic E-state index is 14.0. The number of alkyl halides is 7. The van der Waals surface area contributed by atoms with Crippen molar-refractivity contribution in [2.75, 3.05) is 11.9 Å². The Bertz CT molecular complexity index is 1640. The van der Waals surface area contributed by atoms with Crippen LogP contribution in [0.4, 0.5) is 36.4 Å². The normalized spacial score (nSPS) is 11.7. The number of aromatic nitrogens is 1. The van der Waals surface area contributed by atoms with E-state index in [4.69, 9.17) is 5.11 Å². The zero-order chi connectivity index (χ0) is 32.1. The van der Waals surface area contributed by atoms with Crippen molar-refractivity contribution in [3.05, 3.63) is 107 Å². The van der Waals surface area contributed by atoms with Crippen molar-refractivity contribution in [1.29, 1.82) is 0 Å². The minimum atomic E-state index is -4.74. The number of pyridine rings is 1. The zero-order valence-electron chi connectivity index (χ0n) is 22.7. The van der Waals surface area contributed by atoms with Gasteiger partial charge in [0.2, 0.25) is 0 Å². The van der Waals surface area contributed by atoms with Crippen molar-refractivity contribution in [1.82, 2.24) is 10.3 Å². The van der Waals surface area contributed by atoms with Gasteiger partial charge in [-0.05, 0) is 58.1 Å². The molecule has 44 heavy (non-hydrogen) atoms. The highest BCUT2D eigenvalue weighted by molar-refractivity contribution is 5.92. The lowest BCUT2D eigenvalue weighted by Gasteiger charge is -2.18. The lowest BCUT2D eigenvalue weighted by atomic mass is 9.96. The molecule has 0 spiro atoms. The summed E-state index contributed by atoms with van der Waals surface area (Å²) < 4.78 is 95.5. The van der Waals surface area contributed by atoms with Crippen LogP contribution in [0.25, 0.3) is 22.3 Å². The summed E-state index contributed by atoms with van der Waals surface area (Å²) in [5.41, 5.74) is -0.937. The van der Waals surface area contributed by atoms with Crippen LogP contribution in [0, 0.1) is 0 Å². The summed E-state index contributed by atoms with van der Waals surface area (Å²) in [6, 6.07) is 14.7. The van der Waals surface area contributed by atoms with Crippen molar-refractivity contribution < 1.29 is 45.4 Å². The molecule has 1 aromatic heterocycles. The summed E-state index contributed by atoms with van der Waals surface area (Å²) in [5.74, 6) is -1.79. The molecule has 0 bridgehead atoms. The van der Waals surface area contributed by atoms with Crippen molar-refractivity contribution in [3.63, 3.8) is 0 Å². The molecule has 4 rings (SSSR count). The van der Waals surface area contributed by atoms with Gasteiger partial charge in [0.25, 0.3) is 5.91 Å². The van der Waals surface area contributed by atoms with Gasteiger partial charge in [0.1, 0.15) is 12.4 Å². The Kier molecular flexibility index (Phi) is 9.56. The molecular weight excluding hydrogens is 595 g/mol. The summed E-state index contributed by atoms with van der Waals surface area (Å²) in [6.07, 6.45) is -8.56. The van der Waals surface area contributed by atoms with Crippen LogP contribution in [0.5, 0.6) is 0 Å². The van der Waals surface area contributed by atoms with Gasteiger partial charge in [0.15, 0.2) is 0 Å². The molecule has 0 saturated carbocycles. The minimum absolute atomic E-state index is 0.0545. The van der Waals surface area contributed by atoms with Gasteiger partial charge in [0, 0.05) is 30.5 Å². The highest BCUT2D eigenvalue weighted by Crippen LogP contribution is 2.39. The molecule has 0 unspecified atom stereocenters. The first-order valence-electron chi connectivity index (χ1n) is 13.0. The van der Waals surface area contributed by atoms with Crippen molar-refractivity contribution in [2.45, 2.75) is 32.0 Å². The van der Waals surface area contributed by atoms with Crippen LogP contribution >= 0.6 is 0 Å². The average Bonchev–Trinajstić information content (AvgIpc) is 2.99. The van der Waals surface area contributed by atoms with Gasteiger partial charge in [-0.15, -0.1) is 0 Å². The maximum Gasteiger partial charge on any atom is 0.417 e. The van der Waals surface area contributed by atoms with Gasteiger partial charge in [0.05, 0.1) is 17.5 Å². The van der Waals surface area contributed by atoms with E-state index in [-0.39, 0.29) is 53.1 Å². The molecule has 0 saturated heterocycles. The van der Waals surface area contributed by atoms with Gasteiger partial charge >= 0.3 is 18.3 Å². The number of nitrogens with zero attached hydrogens (tertiary/aromatic N) is 1. The van der Waals surface area contributed by atoms with Crippen LogP contribution in [0.2, 0.25) is 0 Å². The Labute approximate surface area is 246 Å². The second kappa shape index (κ2) is 13.1. The number of carbonyl (C=O) groups excluding carboxylic acids is 1. The Morgan fingerprint density at radius 1 is 0.795 bits per heavy atom. The number of carboxylic acid groups (broad SMARTS) is 1. The number of rotatable bonds is 10. The smallest absolute Gasteiger partial charge is 0.417 e. The largest absolute Gasteiger partial charge is 0.481 e. The van der Waals surface area contributed by atoms with Gasteiger partial charge in [-0.2, -0.15) is 26.3 Å². The number of nitrogens with one attached hydrogen (secondary N) is 2. The molecule has 0 fully saturated rings. The molecule has 0 aliphatic carbocycles. The first-order valence-corrected chi connectivity index (χ1v) is 13.0. The first-order chi connectivity index (χ1) is 20.8. The van der Waals surface area contributed by atoms with Crippen molar-refractivity contribution in [2.24, 2.45) is 0 Å². The fourth-order valence-corrected chi connectivity index (χ4v) is 4.35. The van der Waals surface area contributed by atoms with Crippen LogP contribution in [0.15, 0.2) is 79.0 Å². The maximum atomic E-state index is 14.0. The summed E-state index contributed by atoms with van der Waals surface area (Å²) >= 11 is 0. The quantitative estimate of drug-likeness (QED) is 0.158. The Balaban J connectivity index is 1.62. The second-order valence-electron chi connectivity index (χ2n) is 9.64. The molecule has 6 nitrogen and oxygen atoms in total. The molecule has 230 valence electrons.